The van der Waals surface area contributed by atoms with Gasteiger partial charge in [-0.1, -0.05) is 39.5 Å². The minimum absolute atomic E-state index is 0.00769. The van der Waals surface area contributed by atoms with Crippen LogP contribution in [-0.4, -0.2) is 29.3 Å². The molecule has 2 aliphatic heterocycles. The highest BCUT2D eigenvalue weighted by Gasteiger charge is 2.37. The minimum Gasteiger partial charge on any atom is -0.329 e. The van der Waals surface area contributed by atoms with Crippen LogP contribution in [0.1, 0.15) is 55.1 Å². The van der Waals surface area contributed by atoms with Crippen LogP contribution < -0.4 is 5.32 Å². The van der Waals surface area contributed by atoms with Crippen LogP contribution in [0.25, 0.3) is 0 Å². The first-order chi connectivity index (χ1) is 10.8. The Morgan fingerprint density at radius 3 is 2.61 bits per heavy atom. The number of piperidine rings is 1. The van der Waals surface area contributed by atoms with Gasteiger partial charge in [0.05, 0.1) is 0 Å². The molecule has 1 N–H and O–H groups in total. The Kier molecular flexibility index (Phi) is 3.78. The molecule has 1 unspecified atom stereocenters. The monoisotopic (exact) mass is 312 g/mol. The molecule has 0 spiro atoms. The number of fused-ring (bicyclic) bond motifs is 1. The van der Waals surface area contributed by atoms with Crippen molar-refractivity contribution in [3.63, 3.8) is 0 Å². The normalized spacial score (nSPS) is 22.0. The van der Waals surface area contributed by atoms with E-state index in [0.29, 0.717) is 13.0 Å². The quantitative estimate of drug-likeness (QED) is 0.867. The number of nitrogens with zero attached hydrogens (tertiary/aromatic N) is 1. The summed E-state index contributed by atoms with van der Waals surface area (Å²) in [5, 5.41) is 2.78. The van der Waals surface area contributed by atoms with Crippen LogP contribution in [0.15, 0.2) is 30.5 Å². The van der Waals surface area contributed by atoms with Gasteiger partial charge in [0.2, 0.25) is 5.91 Å². The third-order valence-corrected chi connectivity index (χ3v) is 4.78. The predicted molar refractivity (Wildman–Crippen MR) is 90.2 cm³/mol. The van der Waals surface area contributed by atoms with Crippen LogP contribution in [0.4, 0.5) is 0 Å². The summed E-state index contributed by atoms with van der Waals surface area (Å²) in [6.45, 7) is 10.9. The standard InChI is InChI=1S/C19H24N2O2/c1-12-8-9-16(17(22)20-12)21-11-10-13-14(18(21)23)6-5-7-15(13)19(2,3)4/h5-7,16H,1,8-11H2,2-4H3,(H,20,22). The maximum atomic E-state index is 12.9. The van der Waals surface area contributed by atoms with E-state index in [1.807, 2.05) is 12.1 Å². The van der Waals surface area contributed by atoms with E-state index in [1.54, 1.807) is 4.90 Å². The molecule has 23 heavy (non-hydrogen) atoms. The largest absolute Gasteiger partial charge is 0.329 e. The van der Waals surface area contributed by atoms with Crippen LogP contribution in [0.2, 0.25) is 0 Å². The zero-order valence-electron chi connectivity index (χ0n) is 14.1. The molecule has 1 atom stereocenters. The van der Waals surface area contributed by atoms with E-state index in [9.17, 15) is 9.59 Å². The Morgan fingerprint density at radius 1 is 1.22 bits per heavy atom. The van der Waals surface area contributed by atoms with Gasteiger partial charge in [0.1, 0.15) is 6.04 Å². The second-order valence-electron chi connectivity index (χ2n) is 7.48. The molecule has 0 radical (unpaired) electrons. The molecule has 1 aromatic carbocycles. The summed E-state index contributed by atoms with van der Waals surface area (Å²) in [5.41, 5.74) is 3.87. The van der Waals surface area contributed by atoms with E-state index in [0.717, 1.165) is 29.7 Å². The third-order valence-electron chi connectivity index (χ3n) is 4.78. The first-order valence-electron chi connectivity index (χ1n) is 8.21. The molecule has 0 saturated carbocycles. The van der Waals surface area contributed by atoms with Gasteiger partial charge in [0.25, 0.3) is 5.91 Å². The van der Waals surface area contributed by atoms with E-state index in [-0.39, 0.29) is 23.3 Å². The van der Waals surface area contributed by atoms with E-state index < -0.39 is 0 Å². The number of benzene rings is 1. The minimum atomic E-state index is -0.376. The zero-order chi connectivity index (χ0) is 16.8. The highest BCUT2D eigenvalue weighted by molar-refractivity contribution is 6.00. The van der Waals surface area contributed by atoms with Gasteiger partial charge in [-0.2, -0.15) is 0 Å². The van der Waals surface area contributed by atoms with Crippen molar-refractivity contribution in [2.75, 3.05) is 6.54 Å². The van der Waals surface area contributed by atoms with Crippen molar-refractivity contribution in [2.24, 2.45) is 0 Å². The first-order valence-corrected chi connectivity index (χ1v) is 8.21. The van der Waals surface area contributed by atoms with Crippen LogP contribution >= 0.6 is 0 Å². The lowest BCUT2D eigenvalue weighted by Gasteiger charge is -2.38. The smallest absolute Gasteiger partial charge is 0.254 e. The Balaban J connectivity index is 1.93. The number of amides is 2. The highest BCUT2D eigenvalue weighted by atomic mass is 16.2. The molecule has 2 heterocycles. The Bertz CT molecular complexity index is 685. The van der Waals surface area contributed by atoms with Gasteiger partial charge in [-0.15, -0.1) is 0 Å². The SMILES string of the molecule is C=C1CCC(N2CCc3c(cccc3C(C)(C)C)C2=O)C(=O)N1. The van der Waals surface area contributed by atoms with Gasteiger partial charge >= 0.3 is 0 Å². The van der Waals surface area contributed by atoms with Crippen molar-refractivity contribution in [1.82, 2.24) is 10.2 Å². The molecule has 122 valence electrons. The van der Waals surface area contributed by atoms with Gasteiger partial charge in [0, 0.05) is 17.8 Å². The van der Waals surface area contributed by atoms with Gasteiger partial charge in [-0.05, 0) is 41.9 Å². The fourth-order valence-electron chi connectivity index (χ4n) is 3.60. The van der Waals surface area contributed by atoms with E-state index in [4.69, 9.17) is 0 Å². The first kappa shape index (κ1) is 15.8. The molecule has 1 aromatic rings. The van der Waals surface area contributed by atoms with E-state index in [1.165, 1.54) is 5.56 Å². The maximum absolute atomic E-state index is 12.9. The summed E-state index contributed by atoms with van der Waals surface area (Å²) in [7, 11) is 0. The van der Waals surface area contributed by atoms with Crippen molar-refractivity contribution in [3.05, 3.63) is 47.2 Å². The molecule has 1 fully saturated rings. The topological polar surface area (TPSA) is 49.4 Å². The Hall–Kier alpha value is -2.10. The van der Waals surface area contributed by atoms with Crippen molar-refractivity contribution >= 4 is 11.8 Å². The van der Waals surface area contributed by atoms with Crippen LogP contribution in [-0.2, 0) is 16.6 Å². The van der Waals surface area contributed by atoms with E-state index >= 15 is 0 Å². The lowest BCUT2D eigenvalue weighted by Crippen LogP contribution is -2.54. The van der Waals surface area contributed by atoms with Crippen molar-refractivity contribution in [3.8, 4) is 0 Å². The number of allylic oxidation sites excluding steroid dienone is 1. The van der Waals surface area contributed by atoms with Crippen LogP contribution in [0, 0.1) is 0 Å². The number of hydrogen-bond donors (Lipinski definition) is 1. The van der Waals surface area contributed by atoms with Gasteiger partial charge in [0.15, 0.2) is 0 Å². The average Bonchev–Trinajstić information content (AvgIpc) is 2.47. The number of hydrogen-bond acceptors (Lipinski definition) is 2. The molecular weight excluding hydrogens is 288 g/mol. The van der Waals surface area contributed by atoms with Crippen LogP contribution in [0.5, 0.6) is 0 Å². The molecule has 0 aromatic heterocycles. The molecule has 3 rings (SSSR count). The summed E-state index contributed by atoms with van der Waals surface area (Å²) in [6.07, 6.45) is 2.19. The molecule has 2 aliphatic rings. The lowest BCUT2D eigenvalue weighted by molar-refractivity contribution is -0.126. The molecule has 0 bridgehead atoms. The van der Waals surface area contributed by atoms with Gasteiger partial charge in [-0.25, -0.2) is 0 Å². The van der Waals surface area contributed by atoms with Gasteiger partial charge in [-0.3, -0.25) is 9.59 Å². The summed E-state index contributed by atoms with van der Waals surface area (Å²) < 4.78 is 0. The van der Waals surface area contributed by atoms with E-state index in [2.05, 4.69) is 38.7 Å². The van der Waals surface area contributed by atoms with Gasteiger partial charge < -0.3 is 10.2 Å². The highest BCUT2D eigenvalue weighted by Crippen LogP contribution is 2.32. The van der Waals surface area contributed by atoms with Crippen molar-refractivity contribution < 1.29 is 9.59 Å². The van der Waals surface area contributed by atoms with Crippen molar-refractivity contribution in [1.29, 1.82) is 0 Å². The summed E-state index contributed by atoms with van der Waals surface area (Å²) in [5.74, 6) is -0.130. The van der Waals surface area contributed by atoms with Crippen LogP contribution in [0.3, 0.4) is 0 Å². The summed E-state index contributed by atoms with van der Waals surface area (Å²) in [6, 6.07) is 5.57. The molecular formula is C19H24N2O2. The Morgan fingerprint density at radius 2 is 1.96 bits per heavy atom. The molecule has 1 saturated heterocycles. The average molecular weight is 312 g/mol. The number of carbonyl (C=O) groups excluding carboxylic acids is 2. The summed E-state index contributed by atoms with van der Waals surface area (Å²) in [4.78, 5) is 26.9. The lowest BCUT2D eigenvalue weighted by atomic mass is 9.79. The zero-order valence-corrected chi connectivity index (χ0v) is 14.1. The second kappa shape index (κ2) is 5.52. The Labute approximate surface area is 137 Å². The number of carbonyl (C=O) groups is 2. The summed E-state index contributed by atoms with van der Waals surface area (Å²) >= 11 is 0. The number of rotatable bonds is 1. The second-order valence-corrected chi connectivity index (χ2v) is 7.48. The molecule has 2 amide bonds. The number of nitrogens with one attached hydrogen (secondary N) is 1. The fourth-order valence-corrected chi connectivity index (χ4v) is 3.60. The maximum Gasteiger partial charge on any atom is 0.254 e. The molecule has 4 heteroatoms. The fraction of sp³-hybridized carbons (Fsp3) is 0.474. The molecule has 4 nitrogen and oxygen atoms in total. The van der Waals surface area contributed by atoms with Crippen molar-refractivity contribution in [2.45, 2.75) is 51.5 Å². The predicted octanol–water partition coefficient (Wildman–Crippen LogP) is 2.77. The molecule has 0 aliphatic carbocycles. The third kappa shape index (κ3) is 2.78.